The molecule has 2 heterocycles. The highest BCUT2D eigenvalue weighted by molar-refractivity contribution is 7.11. The Labute approximate surface area is 126 Å². The summed E-state index contributed by atoms with van der Waals surface area (Å²) in [7, 11) is 0. The third-order valence-electron chi connectivity index (χ3n) is 2.66. The summed E-state index contributed by atoms with van der Waals surface area (Å²) in [5, 5.41) is 13.1. The summed E-state index contributed by atoms with van der Waals surface area (Å²) in [6, 6.07) is 7.33. The average molecular weight is 302 g/mol. The maximum Gasteiger partial charge on any atom is 0.328 e. The van der Waals surface area contributed by atoms with Crippen molar-refractivity contribution in [1.82, 2.24) is 10.3 Å². The predicted molar refractivity (Wildman–Crippen MR) is 81.3 cm³/mol. The van der Waals surface area contributed by atoms with Crippen molar-refractivity contribution in [2.45, 2.75) is 6.42 Å². The number of thiophene rings is 1. The normalized spacial score (nSPS) is 10.7. The Morgan fingerprint density at radius 3 is 2.95 bits per heavy atom. The molecule has 0 bridgehead atoms. The van der Waals surface area contributed by atoms with Crippen LogP contribution in [0, 0.1) is 0 Å². The lowest BCUT2D eigenvalue weighted by atomic mass is 10.2. The summed E-state index contributed by atoms with van der Waals surface area (Å²) in [5.41, 5.74) is 1.46. The minimum atomic E-state index is -1.01. The van der Waals surface area contributed by atoms with Crippen molar-refractivity contribution in [3.8, 4) is 0 Å². The van der Waals surface area contributed by atoms with Gasteiger partial charge in [0.15, 0.2) is 0 Å². The zero-order chi connectivity index (χ0) is 15.1. The zero-order valence-corrected chi connectivity index (χ0v) is 12.0. The predicted octanol–water partition coefficient (Wildman–Crippen LogP) is 2.21. The number of carboxylic acid groups (broad SMARTS) is 1. The van der Waals surface area contributed by atoms with Gasteiger partial charge >= 0.3 is 5.97 Å². The first kappa shape index (κ1) is 14.9. The quantitative estimate of drug-likeness (QED) is 0.802. The number of aliphatic carboxylic acids is 1. The van der Waals surface area contributed by atoms with Crippen LogP contribution >= 0.6 is 11.3 Å². The van der Waals surface area contributed by atoms with E-state index >= 15 is 0 Å². The molecule has 108 valence electrons. The Morgan fingerprint density at radius 1 is 1.38 bits per heavy atom. The molecule has 0 fully saturated rings. The van der Waals surface area contributed by atoms with E-state index in [-0.39, 0.29) is 5.91 Å². The molecular formula is C15H14N2O3S. The molecule has 0 unspecified atom stereocenters. The van der Waals surface area contributed by atoms with Crippen molar-refractivity contribution in [2.24, 2.45) is 0 Å². The molecular weight excluding hydrogens is 288 g/mol. The summed E-state index contributed by atoms with van der Waals surface area (Å²) in [6.45, 7) is 0.506. The van der Waals surface area contributed by atoms with Crippen LogP contribution in [0.3, 0.4) is 0 Å². The van der Waals surface area contributed by atoms with Gasteiger partial charge in [0.05, 0.1) is 5.56 Å². The zero-order valence-electron chi connectivity index (χ0n) is 11.2. The number of nitrogens with zero attached hydrogens (tertiary/aromatic N) is 1. The van der Waals surface area contributed by atoms with Gasteiger partial charge in [-0.1, -0.05) is 6.07 Å². The minimum Gasteiger partial charge on any atom is -0.478 e. The largest absolute Gasteiger partial charge is 0.478 e. The maximum absolute atomic E-state index is 11.9. The van der Waals surface area contributed by atoms with Crippen LogP contribution in [-0.4, -0.2) is 28.5 Å². The van der Waals surface area contributed by atoms with Crippen LogP contribution < -0.4 is 5.32 Å². The Morgan fingerprint density at radius 2 is 2.24 bits per heavy atom. The van der Waals surface area contributed by atoms with Crippen molar-refractivity contribution in [3.63, 3.8) is 0 Å². The van der Waals surface area contributed by atoms with E-state index in [0.29, 0.717) is 18.5 Å². The minimum absolute atomic E-state index is 0.169. The SMILES string of the molecule is O=C(O)C=Cc1cc(C(=O)NCCc2ccccn2)cs1. The number of pyridine rings is 1. The van der Waals surface area contributed by atoms with Crippen molar-refractivity contribution < 1.29 is 14.7 Å². The molecule has 0 saturated heterocycles. The van der Waals surface area contributed by atoms with E-state index in [1.165, 1.54) is 17.4 Å². The van der Waals surface area contributed by atoms with Gasteiger partial charge in [0, 0.05) is 41.2 Å². The average Bonchev–Trinajstić information content (AvgIpc) is 2.95. The van der Waals surface area contributed by atoms with Gasteiger partial charge in [-0.25, -0.2) is 4.79 Å². The van der Waals surface area contributed by atoms with Crippen molar-refractivity contribution in [3.05, 3.63) is 58.1 Å². The molecule has 1 amide bonds. The number of carboxylic acids is 1. The van der Waals surface area contributed by atoms with E-state index in [1.54, 1.807) is 17.6 Å². The van der Waals surface area contributed by atoms with Gasteiger partial charge in [0.25, 0.3) is 5.91 Å². The fourth-order valence-electron chi connectivity index (χ4n) is 1.66. The van der Waals surface area contributed by atoms with E-state index in [0.717, 1.165) is 16.6 Å². The van der Waals surface area contributed by atoms with Gasteiger partial charge in [0.1, 0.15) is 0 Å². The molecule has 5 nitrogen and oxygen atoms in total. The molecule has 0 aliphatic rings. The highest BCUT2D eigenvalue weighted by Crippen LogP contribution is 2.16. The first-order valence-corrected chi connectivity index (χ1v) is 7.21. The van der Waals surface area contributed by atoms with E-state index in [9.17, 15) is 9.59 Å². The number of amides is 1. The first-order chi connectivity index (χ1) is 10.1. The number of rotatable bonds is 6. The van der Waals surface area contributed by atoms with Gasteiger partial charge in [-0.3, -0.25) is 9.78 Å². The Bertz CT molecular complexity index is 650. The molecule has 0 spiro atoms. The standard InChI is InChI=1S/C15H14N2O3S/c18-14(19)5-4-13-9-11(10-21-13)15(20)17-8-6-12-3-1-2-7-16-12/h1-5,7,9-10H,6,8H2,(H,17,20)(H,18,19). The lowest BCUT2D eigenvalue weighted by molar-refractivity contribution is -0.131. The van der Waals surface area contributed by atoms with Crippen LogP contribution in [-0.2, 0) is 11.2 Å². The topological polar surface area (TPSA) is 79.3 Å². The third kappa shape index (κ3) is 4.85. The highest BCUT2D eigenvalue weighted by Gasteiger charge is 2.07. The van der Waals surface area contributed by atoms with E-state index in [2.05, 4.69) is 10.3 Å². The molecule has 0 aliphatic heterocycles. The number of carbonyl (C=O) groups is 2. The summed E-state index contributed by atoms with van der Waals surface area (Å²) in [4.78, 5) is 27.3. The second-order valence-corrected chi connectivity index (χ2v) is 5.18. The number of aromatic nitrogens is 1. The molecule has 0 saturated carbocycles. The second kappa shape index (κ2) is 7.35. The molecule has 2 aromatic heterocycles. The fourth-order valence-corrected chi connectivity index (χ4v) is 2.44. The first-order valence-electron chi connectivity index (χ1n) is 6.33. The molecule has 2 rings (SSSR count). The number of carbonyl (C=O) groups excluding carboxylic acids is 1. The van der Waals surface area contributed by atoms with Crippen LogP contribution in [0.25, 0.3) is 6.08 Å². The van der Waals surface area contributed by atoms with Gasteiger partial charge in [0.2, 0.25) is 0 Å². The van der Waals surface area contributed by atoms with Crippen molar-refractivity contribution >= 4 is 29.3 Å². The van der Waals surface area contributed by atoms with Crippen LogP contribution in [0.4, 0.5) is 0 Å². The summed E-state index contributed by atoms with van der Waals surface area (Å²) in [6.07, 6.45) is 4.91. The monoisotopic (exact) mass is 302 g/mol. The van der Waals surface area contributed by atoms with E-state index < -0.39 is 5.97 Å². The van der Waals surface area contributed by atoms with Gasteiger partial charge in [-0.15, -0.1) is 11.3 Å². The molecule has 6 heteroatoms. The smallest absolute Gasteiger partial charge is 0.328 e. The van der Waals surface area contributed by atoms with Gasteiger partial charge in [-0.2, -0.15) is 0 Å². The molecule has 0 aliphatic carbocycles. The molecule has 2 aromatic rings. The highest BCUT2D eigenvalue weighted by atomic mass is 32.1. The van der Waals surface area contributed by atoms with Crippen molar-refractivity contribution in [1.29, 1.82) is 0 Å². The number of nitrogens with one attached hydrogen (secondary N) is 1. The van der Waals surface area contributed by atoms with Gasteiger partial charge in [-0.05, 0) is 24.3 Å². The molecule has 2 N–H and O–H groups in total. The second-order valence-electron chi connectivity index (χ2n) is 4.24. The van der Waals surface area contributed by atoms with Gasteiger partial charge < -0.3 is 10.4 Å². The van der Waals surface area contributed by atoms with E-state index in [1.807, 2.05) is 18.2 Å². The van der Waals surface area contributed by atoms with Crippen LogP contribution in [0.2, 0.25) is 0 Å². The third-order valence-corrected chi connectivity index (χ3v) is 3.56. The summed E-state index contributed by atoms with van der Waals surface area (Å²) < 4.78 is 0. The van der Waals surface area contributed by atoms with Crippen LogP contribution in [0.15, 0.2) is 41.9 Å². The van der Waals surface area contributed by atoms with Crippen LogP contribution in [0.1, 0.15) is 20.9 Å². The molecule has 0 radical (unpaired) electrons. The number of hydrogen-bond donors (Lipinski definition) is 2. The Balaban J connectivity index is 1.85. The molecule has 0 atom stereocenters. The fraction of sp³-hybridized carbons (Fsp3) is 0.133. The lowest BCUT2D eigenvalue weighted by Crippen LogP contribution is -2.25. The lowest BCUT2D eigenvalue weighted by Gasteiger charge is -2.03. The van der Waals surface area contributed by atoms with Crippen LogP contribution in [0.5, 0.6) is 0 Å². The Kier molecular flexibility index (Phi) is 5.22. The van der Waals surface area contributed by atoms with Crippen molar-refractivity contribution in [2.75, 3.05) is 6.54 Å². The maximum atomic E-state index is 11.9. The van der Waals surface area contributed by atoms with E-state index in [4.69, 9.17) is 5.11 Å². The Hall–Kier alpha value is -2.47. The summed E-state index contributed by atoms with van der Waals surface area (Å²) in [5.74, 6) is -1.18. The summed E-state index contributed by atoms with van der Waals surface area (Å²) >= 11 is 1.33. The molecule has 0 aromatic carbocycles. The number of hydrogen-bond acceptors (Lipinski definition) is 4. The molecule has 21 heavy (non-hydrogen) atoms.